The van der Waals surface area contributed by atoms with E-state index in [4.69, 9.17) is 4.74 Å². The van der Waals surface area contributed by atoms with Crippen LogP contribution in [0.4, 0.5) is 4.79 Å². The summed E-state index contributed by atoms with van der Waals surface area (Å²) in [6.45, 7) is 11.3. The van der Waals surface area contributed by atoms with E-state index in [1.807, 2.05) is 27.7 Å². The summed E-state index contributed by atoms with van der Waals surface area (Å²) in [5.74, 6) is 1.12. The molecule has 2 aliphatic heterocycles. The largest absolute Gasteiger partial charge is 0.444 e. The molecule has 10 heteroatoms. The second-order valence-electron chi connectivity index (χ2n) is 8.55. The molecular weight excluding hydrogens is 382 g/mol. The van der Waals surface area contributed by atoms with Gasteiger partial charge >= 0.3 is 6.09 Å². The lowest BCUT2D eigenvalue weighted by molar-refractivity contribution is 0.00700. The molecule has 28 heavy (non-hydrogen) atoms. The Hall–Kier alpha value is -1.55. The highest BCUT2D eigenvalue weighted by molar-refractivity contribution is 7.88. The lowest BCUT2D eigenvalue weighted by Crippen LogP contribution is -2.63. The number of nitrogens with one attached hydrogen (secondary N) is 2. The summed E-state index contributed by atoms with van der Waals surface area (Å²) < 4.78 is 30.1. The van der Waals surface area contributed by atoms with Crippen molar-refractivity contribution < 1.29 is 17.9 Å². The number of hydrogen-bond acceptors (Lipinski definition) is 5. The minimum absolute atomic E-state index is 0.150. The predicted molar refractivity (Wildman–Crippen MR) is 110 cm³/mol. The van der Waals surface area contributed by atoms with Gasteiger partial charge in [0.15, 0.2) is 5.96 Å². The Labute approximate surface area is 168 Å². The van der Waals surface area contributed by atoms with Crippen molar-refractivity contribution in [2.24, 2.45) is 10.9 Å². The van der Waals surface area contributed by atoms with Crippen molar-refractivity contribution in [1.29, 1.82) is 0 Å². The van der Waals surface area contributed by atoms with E-state index in [0.29, 0.717) is 38.6 Å². The average molecular weight is 418 g/mol. The molecule has 0 radical (unpaired) electrons. The third-order valence-corrected chi connectivity index (χ3v) is 6.07. The molecule has 2 heterocycles. The van der Waals surface area contributed by atoms with E-state index in [9.17, 15) is 13.2 Å². The van der Waals surface area contributed by atoms with Crippen molar-refractivity contribution in [3.05, 3.63) is 0 Å². The number of aliphatic imine (C=N–C) groups is 1. The van der Waals surface area contributed by atoms with Crippen molar-refractivity contribution >= 4 is 22.1 Å². The van der Waals surface area contributed by atoms with Crippen LogP contribution < -0.4 is 10.6 Å². The van der Waals surface area contributed by atoms with E-state index in [0.717, 1.165) is 25.3 Å². The van der Waals surface area contributed by atoms with Crippen LogP contribution in [0.3, 0.4) is 0 Å². The summed E-state index contributed by atoms with van der Waals surface area (Å²) >= 11 is 0. The van der Waals surface area contributed by atoms with Crippen LogP contribution in [0.25, 0.3) is 0 Å². The van der Waals surface area contributed by atoms with Gasteiger partial charge in [-0.1, -0.05) is 0 Å². The molecule has 162 valence electrons. The van der Waals surface area contributed by atoms with Gasteiger partial charge < -0.3 is 20.3 Å². The maximum absolute atomic E-state index is 12.0. The quantitative estimate of drug-likeness (QED) is 0.507. The van der Waals surface area contributed by atoms with Gasteiger partial charge in [-0.05, 0) is 46.5 Å². The van der Waals surface area contributed by atoms with Gasteiger partial charge in [0.25, 0.3) is 0 Å². The van der Waals surface area contributed by atoms with E-state index in [1.54, 1.807) is 4.90 Å². The fourth-order valence-corrected chi connectivity index (χ4v) is 4.08. The van der Waals surface area contributed by atoms with Gasteiger partial charge in [-0.3, -0.25) is 4.99 Å². The third-order valence-electron chi connectivity index (χ3n) is 4.77. The maximum Gasteiger partial charge on any atom is 0.410 e. The lowest BCUT2D eigenvalue weighted by Gasteiger charge is -2.40. The highest BCUT2D eigenvalue weighted by Crippen LogP contribution is 2.19. The first-order chi connectivity index (χ1) is 13.0. The van der Waals surface area contributed by atoms with Crippen LogP contribution >= 0.6 is 0 Å². The number of amides is 1. The molecule has 0 bridgehead atoms. The molecule has 0 atom stereocenters. The molecule has 2 saturated heterocycles. The molecule has 2 rings (SSSR count). The first-order valence-corrected chi connectivity index (χ1v) is 11.8. The molecule has 0 saturated carbocycles. The standard InChI is InChI=1S/C18H35N5O4S/c1-6-19-16(20-11-14-7-9-23(10-8-14)28(5,25)26)21-15-12-22(13-15)17(24)27-18(2,3)4/h14-15H,6-13H2,1-5H3,(H2,19,20,21). The summed E-state index contributed by atoms with van der Waals surface area (Å²) in [4.78, 5) is 18.4. The van der Waals surface area contributed by atoms with Crippen molar-refractivity contribution in [2.75, 3.05) is 45.5 Å². The van der Waals surface area contributed by atoms with Crippen molar-refractivity contribution in [3.63, 3.8) is 0 Å². The zero-order valence-corrected chi connectivity index (χ0v) is 18.5. The normalized spacial score (nSPS) is 20.6. The van der Waals surface area contributed by atoms with Crippen molar-refractivity contribution in [3.8, 4) is 0 Å². The number of hydrogen-bond donors (Lipinski definition) is 2. The Morgan fingerprint density at radius 1 is 1.21 bits per heavy atom. The van der Waals surface area contributed by atoms with Gasteiger partial charge in [-0.2, -0.15) is 0 Å². The third kappa shape index (κ3) is 7.12. The van der Waals surface area contributed by atoms with Crippen LogP contribution in [0, 0.1) is 5.92 Å². The predicted octanol–water partition coefficient (Wildman–Crippen LogP) is 0.832. The van der Waals surface area contributed by atoms with Gasteiger partial charge in [-0.25, -0.2) is 17.5 Å². The summed E-state index contributed by atoms with van der Waals surface area (Å²) in [7, 11) is -3.09. The number of piperidine rings is 1. The number of guanidine groups is 1. The summed E-state index contributed by atoms with van der Waals surface area (Å²) in [6, 6.07) is 0.150. The molecule has 2 aliphatic rings. The van der Waals surface area contributed by atoms with E-state index in [1.165, 1.54) is 10.6 Å². The number of likely N-dealkylation sites (tertiary alicyclic amines) is 1. The smallest absolute Gasteiger partial charge is 0.410 e. The molecule has 0 aromatic rings. The minimum Gasteiger partial charge on any atom is -0.444 e. The SMILES string of the molecule is CCNC(=NCC1CCN(S(C)(=O)=O)CC1)NC1CN(C(=O)OC(C)(C)C)C1. The summed E-state index contributed by atoms with van der Waals surface area (Å²) in [5.41, 5.74) is -0.487. The number of carbonyl (C=O) groups is 1. The lowest BCUT2D eigenvalue weighted by atomic mass is 9.98. The number of sulfonamides is 1. The summed E-state index contributed by atoms with van der Waals surface area (Å²) in [6.07, 6.45) is 2.63. The van der Waals surface area contributed by atoms with Crippen LogP contribution in [-0.2, 0) is 14.8 Å². The Morgan fingerprint density at radius 3 is 2.32 bits per heavy atom. The fraction of sp³-hybridized carbons (Fsp3) is 0.889. The van der Waals surface area contributed by atoms with Gasteiger partial charge in [-0.15, -0.1) is 0 Å². The van der Waals surface area contributed by atoms with Gasteiger partial charge in [0.1, 0.15) is 5.60 Å². The first-order valence-electron chi connectivity index (χ1n) is 9.96. The Balaban J connectivity index is 1.77. The zero-order chi connectivity index (χ0) is 20.9. The van der Waals surface area contributed by atoms with Crippen LogP contribution in [0.1, 0.15) is 40.5 Å². The van der Waals surface area contributed by atoms with Crippen LogP contribution in [0.5, 0.6) is 0 Å². The van der Waals surface area contributed by atoms with E-state index in [-0.39, 0.29) is 12.1 Å². The molecule has 0 spiro atoms. The molecule has 0 unspecified atom stereocenters. The number of rotatable bonds is 5. The van der Waals surface area contributed by atoms with E-state index >= 15 is 0 Å². The monoisotopic (exact) mass is 417 g/mol. The first kappa shape index (κ1) is 22.7. The van der Waals surface area contributed by atoms with Gasteiger partial charge in [0.2, 0.25) is 10.0 Å². The maximum atomic E-state index is 12.0. The Kier molecular flexibility index (Phi) is 7.55. The number of carbonyl (C=O) groups excluding carboxylic acids is 1. The second kappa shape index (κ2) is 9.30. The number of ether oxygens (including phenoxy) is 1. The van der Waals surface area contributed by atoms with Crippen LogP contribution in [-0.4, -0.2) is 86.8 Å². The Morgan fingerprint density at radius 2 is 1.82 bits per heavy atom. The van der Waals surface area contributed by atoms with Crippen LogP contribution in [0.15, 0.2) is 4.99 Å². The average Bonchev–Trinajstić information content (AvgIpc) is 2.53. The molecule has 0 aliphatic carbocycles. The topological polar surface area (TPSA) is 103 Å². The Bertz CT molecular complexity index is 660. The van der Waals surface area contributed by atoms with E-state index in [2.05, 4.69) is 15.6 Å². The zero-order valence-electron chi connectivity index (χ0n) is 17.7. The van der Waals surface area contributed by atoms with Crippen LogP contribution in [0.2, 0.25) is 0 Å². The van der Waals surface area contributed by atoms with Gasteiger partial charge in [0, 0.05) is 39.3 Å². The second-order valence-corrected chi connectivity index (χ2v) is 10.5. The molecule has 2 fully saturated rings. The van der Waals surface area contributed by atoms with Crippen molar-refractivity contribution in [1.82, 2.24) is 19.8 Å². The molecule has 1 amide bonds. The molecule has 9 nitrogen and oxygen atoms in total. The highest BCUT2D eigenvalue weighted by atomic mass is 32.2. The molecule has 0 aromatic carbocycles. The molecule has 2 N–H and O–H groups in total. The number of nitrogens with zero attached hydrogens (tertiary/aromatic N) is 3. The minimum atomic E-state index is -3.09. The molecule has 0 aromatic heterocycles. The van der Waals surface area contributed by atoms with E-state index < -0.39 is 15.6 Å². The highest BCUT2D eigenvalue weighted by Gasteiger charge is 2.34. The summed E-state index contributed by atoms with van der Waals surface area (Å²) in [5, 5.41) is 6.59. The fourth-order valence-electron chi connectivity index (χ4n) is 3.20. The molecular formula is C18H35N5O4S. The van der Waals surface area contributed by atoms with Crippen molar-refractivity contribution in [2.45, 2.75) is 52.2 Å². The van der Waals surface area contributed by atoms with Gasteiger partial charge in [0.05, 0.1) is 12.3 Å².